The molecule has 1 N–H and O–H groups in total. The molecule has 0 radical (unpaired) electrons. The van der Waals surface area contributed by atoms with Crippen molar-refractivity contribution in [1.82, 2.24) is 10.2 Å². The Morgan fingerprint density at radius 2 is 2.05 bits per heavy atom. The standard InChI is InChI=1S/C18H28N2OS/c1-14-6-4-5-7-16(14)13-20-10-8-17(9-11-20)19-18(21)12-15(2)22-3/h4-7,15,17H,8-13H2,1-3H3,(H,19,21). The van der Waals surface area contributed by atoms with Crippen molar-refractivity contribution in [1.29, 1.82) is 0 Å². The van der Waals surface area contributed by atoms with E-state index in [9.17, 15) is 4.79 Å². The number of piperidine rings is 1. The number of rotatable bonds is 6. The van der Waals surface area contributed by atoms with Crippen LogP contribution in [0, 0.1) is 6.92 Å². The van der Waals surface area contributed by atoms with Gasteiger partial charge in [0, 0.05) is 37.3 Å². The highest BCUT2D eigenvalue weighted by Crippen LogP contribution is 2.17. The van der Waals surface area contributed by atoms with E-state index in [2.05, 4.69) is 54.6 Å². The van der Waals surface area contributed by atoms with Crippen LogP contribution in [0.2, 0.25) is 0 Å². The average Bonchev–Trinajstić information content (AvgIpc) is 2.51. The van der Waals surface area contributed by atoms with E-state index in [1.807, 2.05) is 0 Å². The molecule has 1 heterocycles. The lowest BCUT2D eigenvalue weighted by Crippen LogP contribution is -2.44. The molecule has 1 amide bonds. The Balaban J connectivity index is 1.74. The third kappa shape index (κ3) is 5.33. The molecule has 0 saturated carbocycles. The van der Waals surface area contributed by atoms with Gasteiger partial charge in [0.25, 0.3) is 0 Å². The number of carbonyl (C=O) groups is 1. The molecule has 1 saturated heterocycles. The zero-order valence-corrected chi connectivity index (χ0v) is 14.8. The highest BCUT2D eigenvalue weighted by molar-refractivity contribution is 7.99. The van der Waals surface area contributed by atoms with E-state index in [-0.39, 0.29) is 5.91 Å². The second kappa shape index (κ2) is 8.59. The number of aryl methyl sites for hydroxylation is 1. The summed E-state index contributed by atoms with van der Waals surface area (Å²) in [6.45, 7) is 7.44. The van der Waals surface area contributed by atoms with E-state index in [0.29, 0.717) is 17.7 Å². The molecule has 2 rings (SSSR count). The van der Waals surface area contributed by atoms with Crippen LogP contribution in [0.25, 0.3) is 0 Å². The average molecular weight is 321 g/mol. The number of amides is 1. The number of thioether (sulfide) groups is 1. The Labute approximate surface area is 138 Å². The second-order valence-electron chi connectivity index (χ2n) is 6.29. The molecule has 122 valence electrons. The molecule has 22 heavy (non-hydrogen) atoms. The van der Waals surface area contributed by atoms with Crippen molar-refractivity contribution in [3.05, 3.63) is 35.4 Å². The summed E-state index contributed by atoms with van der Waals surface area (Å²) >= 11 is 1.75. The van der Waals surface area contributed by atoms with Crippen molar-refractivity contribution < 1.29 is 4.79 Å². The van der Waals surface area contributed by atoms with Crippen molar-refractivity contribution in [2.24, 2.45) is 0 Å². The minimum atomic E-state index is 0.208. The molecule has 1 aliphatic heterocycles. The third-order valence-corrected chi connectivity index (χ3v) is 5.45. The normalized spacial score (nSPS) is 18.1. The Kier molecular flexibility index (Phi) is 6.77. The van der Waals surface area contributed by atoms with Crippen LogP contribution in [0.15, 0.2) is 24.3 Å². The summed E-state index contributed by atoms with van der Waals surface area (Å²) in [5.74, 6) is 0.208. The predicted octanol–water partition coefficient (Wildman–Crippen LogP) is 3.22. The van der Waals surface area contributed by atoms with Gasteiger partial charge in [-0.3, -0.25) is 9.69 Å². The van der Waals surface area contributed by atoms with Crippen molar-refractivity contribution in [3.8, 4) is 0 Å². The maximum absolute atomic E-state index is 12.0. The van der Waals surface area contributed by atoms with Crippen LogP contribution in [0.3, 0.4) is 0 Å². The zero-order valence-electron chi connectivity index (χ0n) is 14.0. The van der Waals surface area contributed by atoms with Gasteiger partial charge in [-0.15, -0.1) is 0 Å². The monoisotopic (exact) mass is 320 g/mol. The van der Waals surface area contributed by atoms with Crippen LogP contribution in [0.4, 0.5) is 0 Å². The van der Waals surface area contributed by atoms with Crippen LogP contribution in [-0.2, 0) is 11.3 Å². The minimum absolute atomic E-state index is 0.208. The van der Waals surface area contributed by atoms with Crippen LogP contribution < -0.4 is 5.32 Å². The second-order valence-corrected chi connectivity index (χ2v) is 7.57. The number of hydrogen-bond donors (Lipinski definition) is 1. The van der Waals surface area contributed by atoms with Crippen LogP contribution >= 0.6 is 11.8 Å². The lowest BCUT2D eigenvalue weighted by Gasteiger charge is -2.32. The van der Waals surface area contributed by atoms with Gasteiger partial charge >= 0.3 is 0 Å². The van der Waals surface area contributed by atoms with Gasteiger partial charge in [0.2, 0.25) is 5.91 Å². The Bertz CT molecular complexity index is 484. The predicted molar refractivity (Wildman–Crippen MR) is 95.2 cm³/mol. The number of hydrogen-bond acceptors (Lipinski definition) is 3. The Morgan fingerprint density at radius 3 is 2.68 bits per heavy atom. The lowest BCUT2D eigenvalue weighted by molar-refractivity contribution is -0.122. The van der Waals surface area contributed by atoms with E-state index in [1.165, 1.54) is 11.1 Å². The first-order valence-electron chi connectivity index (χ1n) is 8.17. The maximum atomic E-state index is 12.0. The van der Waals surface area contributed by atoms with E-state index in [4.69, 9.17) is 0 Å². The first kappa shape index (κ1) is 17.4. The first-order chi connectivity index (χ1) is 10.6. The van der Waals surface area contributed by atoms with E-state index in [0.717, 1.165) is 32.5 Å². The summed E-state index contributed by atoms with van der Waals surface area (Å²) in [6.07, 6.45) is 4.81. The quantitative estimate of drug-likeness (QED) is 0.873. The summed E-state index contributed by atoms with van der Waals surface area (Å²) in [6, 6.07) is 8.95. The Hall–Kier alpha value is -1.00. The largest absolute Gasteiger partial charge is 0.353 e. The summed E-state index contributed by atoms with van der Waals surface area (Å²) in [5, 5.41) is 3.60. The number of carbonyl (C=O) groups excluding carboxylic acids is 1. The van der Waals surface area contributed by atoms with Crippen LogP contribution in [0.1, 0.15) is 37.3 Å². The van der Waals surface area contributed by atoms with Gasteiger partial charge in [-0.2, -0.15) is 11.8 Å². The lowest BCUT2D eigenvalue weighted by atomic mass is 10.0. The Morgan fingerprint density at radius 1 is 1.36 bits per heavy atom. The number of nitrogens with one attached hydrogen (secondary N) is 1. The van der Waals surface area contributed by atoms with Gasteiger partial charge in [0.15, 0.2) is 0 Å². The topological polar surface area (TPSA) is 32.3 Å². The molecule has 1 aromatic rings. The van der Waals surface area contributed by atoms with Gasteiger partial charge in [0.05, 0.1) is 0 Å². The molecule has 0 spiro atoms. The van der Waals surface area contributed by atoms with Gasteiger partial charge in [-0.05, 0) is 37.1 Å². The van der Waals surface area contributed by atoms with Crippen LogP contribution in [0.5, 0.6) is 0 Å². The first-order valence-corrected chi connectivity index (χ1v) is 9.46. The molecular formula is C18H28N2OS. The number of nitrogens with zero attached hydrogens (tertiary/aromatic N) is 1. The third-order valence-electron chi connectivity index (χ3n) is 4.48. The van der Waals surface area contributed by atoms with Gasteiger partial charge in [0.1, 0.15) is 0 Å². The molecule has 0 aliphatic carbocycles. The van der Waals surface area contributed by atoms with Crippen molar-refractivity contribution in [2.45, 2.75) is 50.9 Å². The number of likely N-dealkylation sites (tertiary alicyclic amines) is 1. The van der Waals surface area contributed by atoms with Gasteiger partial charge < -0.3 is 5.32 Å². The van der Waals surface area contributed by atoms with Crippen LogP contribution in [-0.4, -0.2) is 41.4 Å². The zero-order chi connectivity index (χ0) is 15.9. The van der Waals surface area contributed by atoms with Gasteiger partial charge in [-0.25, -0.2) is 0 Å². The molecule has 1 aromatic carbocycles. The van der Waals surface area contributed by atoms with Crippen molar-refractivity contribution >= 4 is 17.7 Å². The smallest absolute Gasteiger partial charge is 0.221 e. The van der Waals surface area contributed by atoms with Gasteiger partial charge in [-0.1, -0.05) is 31.2 Å². The molecule has 1 aliphatic rings. The summed E-state index contributed by atoms with van der Waals surface area (Å²) in [5.41, 5.74) is 2.78. The summed E-state index contributed by atoms with van der Waals surface area (Å²) in [7, 11) is 0. The molecule has 3 nitrogen and oxygen atoms in total. The fourth-order valence-electron chi connectivity index (χ4n) is 2.89. The number of benzene rings is 1. The highest BCUT2D eigenvalue weighted by Gasteiger charge is 2.21. The van der Waals surface area contributed by atoms with E-state index >= 15 is 0 Å². The fraction of sp³-hybridized carbons (Fsp3) is 0.611. The summed E-state index contributed by atoms with van der Waals surface area (Å²) < 4.78 is 0. The van der Waals surface area contributed by atoms with E-state index < -0.39 is 0 Å². The molecule has 0 aromatic heterocycles. The fourth-order valence-corrected chi connectivity index (χ4v) is 3.21. The molecule has 1 atom stereocenters. The molecule has 1 fully saturated rings. The van der Waals surface area contributed by atoms with Crippen molar-refractivity contribution in [3.63, 3.8) is 0 Å². The molecule has 1 unspecified atom stereocenters. The van der Waals surface area contributed by atoms with Crippen molar-refractivity contribution in [2.75, 3.05) is 19.3 Å². The molecule has 4 heteroatoms. The van der Waals surface area contributed by atoms with E-state index in [1.54, 1.807) is 11.8 Å². The molecular weight excluding hydrogens is 292 g/mol. The highest BCUT2D eigenvalue weighted by atomic mass is 32.2. The SMILES string of the molecule is CSC(C)CC(=O)NC1CCN(Cc2ccccc2C)CC1. The maximum Gasteiger partial charge on any atom is 0.221 e. The minimum Gasteiger partial charge on any atom is -0.353 e. The molecule has 0 bridgehead atoms. The summed E-state index contributed by atoms with van der Waals surface area (Å²) in [4.78, 5) is 14.5.